The lowest BCUT2D eigenvalue weighted by Crippen LogP contribution is -2.33. The number of carbonyl (C=O) groups is 2. The van der Waals surface area contributed by atoms with Crippen molar-refractivity contribution in [3.05, 3.63) is 72.3 Å². The third kappa shape index (κ3) is 5.77. The zero-order valence-corrected chi connectivity index (χ0v) is 21.5. The second-order valence-electron chi connectivity index (χ2n) is 9.27. The molecule has 4 atom stereocenters. The zero-order valence-electron chi connectivity index (χ0n) is 21.5. The molecule has 1 aliphatic rings. The Hall–Kier alpha value is -4.43. The summed E-state index contributed by atoms with van der Waals surface area (Å²) < 4.78 is 11.7. The summed E-state index contributed by atoms with van der Waals surface area (Å²) in [5.74, 6) is -0.101. The lowest BCUT2D eigenvalue weighted by molar-refractivity contribution is -0.139. The average Bonchev–Trinajstić information content (AvgIpc) is 3.51. The monoisotopic (exact) mass is 548 g/mol. The van der Waals surface area contributed by atoms with Crippen LogP contribution < -0.4 is 10.6 Å². The predicted octanol–water partition coefficient (Wildman–Crippen LogP) is 1.08. The van der Waals surface area contributed by atoms with Crippen LogP contribution in [-0.2, 0) is 31.9 Å². The number of imidazole rings is 1. The second kappa shape index (κ2) is 11.8. The number of aromatic nitrogens is 4. The number of rotatable bonds is 9. The second-order valence-corrected chi connectivity index (χ2v) is 9.27. The molecule has 1 fully saturated rings. The Morgan fingerprint density at radius 3 is 2.27 bits per heavy atom. The number of hydrogen-bond acceptors (Lipinski definition) is 11. The number of anilines is 3. The van der Waals surface area contributed by atoms with E-state index in [9.17, 15) is 24.9 Å². The Bertz CT molecular complexity index is 1490. The summed E-state index contributed by atoms with van der Waals surface area (Å²) in [6.45, 7) is -0.438. The van der Waals surface area contributed by atoms with Crippen molar-refractivity contribution >= 4 is 40.2 Å². The van der Waals surface area contributed by atoms with Gasteiger partial charge in [-0.15, -0.1) is 0 Å². The number of carbonyl (C=O) groups excluding carboxylic acids is 2. The first-order chi connectivity index (χ1) is 19.4. The van der Waals surface area contributed by atoms with Gasteiger partial charge in [-0.2, -0.15) is 0 Å². The van der Waals surface area contributed by atoms with Crippen molar-refractivity contribution in [2.24, 2.45) is 0 Å². The van der Waals surface area contributed by atoms with Crippen LogP contribution in [0.2, 0.25) is 0 Å². The fourth-order valence-corrected chi connectivity index (χ4v) is 4.42. The summed E-state index contributed by atoms with van der Waals surface area (Å²) in [6.07, 6.45) is -1.30. The van der Waals surface area contributed by atoms with Crippen molar-refractivity contribution < 1.29 is 34.4 Å². The largest absolute Gasteiger partial charge is 0.469 e. The third-order valence-electron chi connectivity index (χ3n) is 6.55. The molecule has 0 radical (unpaired) electrons. The molecule has 1 saturated heterocycles. The highest BCUT2D eigenvalue weighted by Gasteiger charge is 2.44. The quantitative estimate of drug-likeness (QED) is 0.189. The van der Waals surface area contributed by atoms with Crippen LogP contribution in [0, 0.1) is 0 Å². The van der Waals surface area contributed by atoms with Gasteiger partial charge in [0.15, 0.2) is 23.2 Å². The molecule has 2 aromatic carbocycles. The number of methoxy groups -OCH3 is 1. The van der Waals surface area contributed by atoms with Gasteiger partial charge in [0.1, 0.15) is 24.6 Å². The molecule has 5 N–H and O–H groups in total. The van der Waals surface area contributed by atoms with Crippen LogP contribution in [0.3, 0.4) is 0 Å². The van der Waals surface area contributed by atoms with Crippen LogP contribution in [0.4, 0.5) is 17.2 Å². The number of fused-ring (bicyclic) bond motifs is 1. The van der Waals surface area contributed by atoms with Crippen LogP contribution in [-0.4, -0.2) is 78.7 Å². The molecule has 0 spiro atoms. The van der Waals surface area contributed by atoms with Crippen molar-refractivity contribution in [1.29, 1.82) is 0 Å². The van der Waals surface area contributed by atoms with Gasteiger partial charge in [-0.25, -0.2) is 15.0 Å². The summed E-state index contributed by atoms with van der Waals surface area (Å²) in [5.41, 5.74) is 3.71. The Kier molecular flexibility index (Phi) is 7.98. The number of benzene rings is 2. The fraction of sp³-hybridized carbons (Fsp3) is 0.296. The third-order valence-corrected chi connectivity index (χ3v) is 6.55. The molecule has 40 heavy (non-hydrogen) atoms. The molecular formula is C27H28N6O7. The van der Waals surface area contributed by atoms with E-state index in [0.717, 1.165) is 11.1 Å². The molecule has 2 aromatic heterocycles. The molecule has 208 valence electrons. The Balaban J connectivity index is 1.22. The number of nitrogens with one attached hydrogen (secondary N) is 2. The average molecular weight is 549 g/mol. The van der Waals surface area contributed by atoms with Gasteiger partial charge in [0, 0.05) is 11.4 Å². The van der Waals surface area contributed by atoms with Gasteiger partial charge in [-0.05, 0) is 35.4 Å². The van der Waals surface area contributed by atoms with E-state index < -0.39 is 31.1 Å². The van der Waals surface area contributed by atoms with Crippen LogP contribution in [0.15, 0.2) is 61.2 Å². The van der Waals surface area contributed by atoms with Gasteiger partial charge >= 0.3 is 5.97 Å². The first-order valence-corrected chi connectivity index (χ1v) is 12.5. The van der Waals surface area contributed by atoms with Crippen LogP contribution >= 0.6 is 0 Å². The molecule has 4 aromatic rings. The van der Waals surface area contributed by atoms with Gasteiger partial charge < -0.3 is 35.4 Å². The smallest absolute Gasteiger partial charge is 0.309 e. The molecule has 13 heteroatoms. The minimum absolute atomic E-state index is 0.163. The number of aliphatic hydroxyl groups excluding tert-OH is 3. The van der Waals surface area contributed by atoms with Crippen molar-refractivity contribution in [3.8, 4) is 0 Å². The maximum Gasteiger partial charge on any atom is 0.309 e. The van der Waals surface area contributed by atoms with Crippen LogP contribution in [0.25, 0.3) is 11.2 Å². The molecule has 0 unspecified atom stereocenters. The van der Waals surface area contributed by atoms with Crippen molar-refractivity contribution in [3.63, 3.8) is 0 Å². The molecular weight excluding hydrogens is 520 g/mol. The zero-order chi connectivity index (χ0) is 28.2. The lowest BCUT2D eigenvalue weighted by Gasteiger charge is -2.16. The number of nitrogens with zero attached hydrogens (tertiary/aromatic N) is 4. The van der Waals surface area contributed by atoms with Crippen molar-refractivity contribution in [2.45, 2.75) is 37.4 Å². The first-order valence-electron chi connectivity index (χ1n) is 12.5. The van der Waals surface area contributed by atoms with Crippen molar-refractivity contribution in [1.82, 2.24) is 19.5 Å². The Labute approximate surface area is 228 Å². The van der Waals surface area contributed by atoms with E-state index >= 15 is 0 Å². The topological polar surface area (TPSA) is 181 Å². The van der Waals surface area contributed by atoms with Gasteiger partial charge in [-0.1, -0.05) is 24.3 Å². The van der Waals surface area contributed by atoms with E-state index in [4.69, 9.17) is 4.74 Å². The maximum atomic E-state index is 12.5. The van der Waals surface area contributed by atoms with Crippen LogP contribution in [0.5, 0.6) is 0 Å². The maximum absolute atomic E-state index is 12.5. The van der Waals surface area contributed by atoms with Gasteiger partial charge in [-0.3, -0.25) is 14.2 Å². The molecule has 0 aliphatic carbocycles. The first kappa shape index (κ1) is 27.1. The van der Waals surface area contributed by atoms with E-state index in [-0.39, 0.29) is 24.7 Å². The van der Waals surface area contributed by atoms with Crippen molar-refractivity contribution in [2.75, 3.05) is 24.4 Å². The van der Waals surface area contributed by atoms with Gasteiger partial charge in [0.25, 0.3) is 0 Å². The van der Waals surface area contributed by atoms with E-state index in [1.165, 1.54) is 24.3 Å². The molecule has 1 amide bonds. The molecule has 0 saturated carbocycles. The highest BCUT2D eigenvalue weighted by atomic mass is 16.6. The number of amides is 1. The predicted molar refractivity (Wildman–Crippen MR) is 143 cm³/mol. The number of hydrogen-bond donors (Lipinski definition) is 5. The summed E-state index contributed by atoms with van der Waals surface area (Å²) in [5, 5.41) is 35.9. The van der Waals surface area contributed by atoms with E-state index in [0.29, 0.717) is 28.4 Å². The number of ether oxygens (including phenoxy) is 2. The highest BCUT2D eigenvalue weighted by Crippen LogP contribution is 2.32. The minimum atomic E-state index is -1.27. The SMILES string of the molecule is COC(=O)Cc1ccc(NC(=O)Cc2ccc(Nc3ncnc4c3ncn4[C@@H]3O[C@H](CO)[C@@H](O)[C@H]3O)cc2)cc1. The Morgan fingerprint density at radius 1 is 0.950 bits per heavy atom. The summed E-state index contributed by atoms with van der Waals surface area (Å²) >= 11 is 0. The normalized spacial score (nSPS) is 20.4. The molecule has 13 nitrogen and oxygen atoms in total. The summed E-state index contributed by atoms with van der Waals surface area (Å²) in [4.78, 5) is 36.8. The highest BCUT2D eigenvalue weighted by molar-refractivity contribution is 5.92. The number of aliphatic hydroxyl groups is 3. The molecule has 3 heterocycles. The van der Waals surface area contributed by atoms with E-state index in [1.54, 1.807) is 36.4 Å². The summed E-state index contributed by atoms with van der Waals surface area (Å²) in [7, 11) is 1.34. The summed E-state index contributed by atoms with van der Waals surface area (Å²) in [6, 6.07) is 14.2. The molecule has 0 bridgehead atoms. The van der Waals surface area contributed by atoms with Gasteiger partial charge in [0.05, 0.1) is 32.9 Å². The minimum Gasteiger partial charge on any atom is -0.469 e. The van der Waals surface area contributed by atoms with Crippen LogP contribution in [0.1, 0.15) is 17.4 Å². The van der Waals surface area contributed by atoms with Gasteiger partial charge in [0.2, 0.25) is 5.91 Å². The standard InChI is InChI=1S/C27H28N6O7/c1-39-21(36)11-16-4-6-17(7-5-16)31-20(35)10-15-2-8-18(9-3-15)32-25-22-26(29-13-28-25)33(14-30-22)27-24(38)23(37)19(12-34)40-27/h2-9,13-14,19,23-24,27,34,37-38H,10-12H2,1H3,(H,31,35)(H,28,29,32)/t19-,23-,24-,27-/m1/s1. The molecule has 5 rings (SSSR count). The number of esters is 1. The fourth-order valence-electron chi connectivity index (χ4n) is 4.42. The van der Waals surface area contributed by atoms with E-state index in [2.05, 4.69) is 30.3 Å². The Morgan fingerprint density at radius 2 is 1.62 bits per heavy atom. The van der Waals surface area contributed by atoms with E-state index in [1.807, 2.05) is 12.1 Å². The molecule has 1 aliphatic heterocycles. The lowest BCUT2D eigenvalue weighted by atomic mass is 10.1.